The lowest BCUT2D eigenvalue weighted by Crippen LogP contribution is -2.46. The van der Waals surface area contributed by atoms with Crippen LogP contribution in [0.3, 0.4) is 0 Å². The van der Waals surface area contributed by atoms with Gasteiger partial charge in [0.05, 0.1) is 26.5 Å². The molecule has 236 valence electrons. The van der Waals surface area contributed by atoms with Crippen LogP contribution in [0.25, 0.3) is 0 Å². The zero-order chi connectivity index (χ0) is 32.6. The maximum absolute atomic E-state index is 14.0. The molecule has 0 spiro atoms. The summed E-state index contributed by atoms with van der Waals surface area (Å²) in [5.41, 5.74) is 0.934. The molecule has 2 fully saturated rings. The van der Waals surface area contributed by atoms with Gasteiger partial charge in [-0.15, -0.1) is 5.73 Å². The number of non-ortho nitro benzene ring substituents is 1. The number of fused-ring (bicyclic) bond motifs is 2. The van der Waals surface area contributed by atoms with E-state index in [1.807, 2.05) is 13.8 Å². The van der Waals surface area contributed by atoms with Crippen LogP contribution in [0.2, 0.25) is 0 Å². The van der Waals surface area contributed by atoms with Crippen LogP contribution in [-0.4, -0.2) is 39.6 Å². The quantitative estimate of drug-likeness (QED) is 0.0935. The molecular weight excluding hydrogens is 617 g/mol. The molecular formula is C33H34N2O8S2. The van der Waals surface area contributed by atoms with Gasteiger partial charge in [0.1, 0.15) is 11.7 Å². The van der Waals surface area contributed by atoms with Crippen LogP contribution < -0.4 is 4.72 Å². The number of nitrogens with one attached hydrogen (secondary N) is 1. The molecule has 3 aromatic rings. The molecule has 0 aromatic heterocycles. The lowest BCUT2D eigenvalue weighted by Gasteiger charge is -2.41. The molecule has 2 saturated carbocycles. The molecule has 0 aliphatic heterocycles. The number of sulfonamides is 1. The normalized spacial score (nSPS) is 22.7. The highest BCUT2D eigenvalue weighted by atomic mass is 32.2. The van der Waals surface area contributed by atoms with E-state index in [1.54, 1.807) is 48.5 Å². The molecule has 0 heterocycles. The predicted molar refractivity (Wildman–Crippen MR) is 167 cm³/mol. The zero-order valence-corrected chi connectivity index (χ0v) is 26.5. The monoisotopic (exact) mass is 650 g/mol. The van der Waals surface area contributed by atoms with Crippen molar-refractivity contribution in [3.8, 4) is 0 Å². The number of nitrogens with zero attached hydrogens (tertiary/aromatic N) is 1. The first-order valence-electron chi connectivity index (χ1n) is 14.4. The van der Waals surface area contributed by atoms with Crippen LogP contribution in [-0.2, 0) is 29.4 Å². The van der Waals surface area contributed by atoms with Crippen molar-refractivity contribution in [2.45, 2.75) is 55.0 Å². The molecule has 0 amide bonds. The van der Waals surface area contributed by atoms with Gasteiger partial charge in [-0.3, -0.25) is 10.1 Å². The Bertz CT molecular complexity index is 1870. The number of hydrogen-bond donors (Lipinski definition) is 1. The molecule has 0 unspecified atom stereocenters. The molecule has 5 rings (SSSR count). The van der Waals surface area contributed by atoms with Gasteiger partial charge < -0.3 is 4.74 Å². The third-order valence-corrected chi connectivity index (χ3v) is 12.9. The Kier molecular flexibility index (Phi) is 8.63. The molecule has 0 saturated heterocycles. The number of nitro benzene ring substituents is 1. The Morgan fingerprint density at radius 2 is 1.58 bits per heavy atom. The van der Waals surface area contributed by atoms with Crippen molar-refractivity contribution >= 4 is 31.5 Å². The van der Waals surface area contributed by atoms with Crippen molar-refractivity contribution in [1.29, 1.82) is 0 Å². The SMILES string of the molecule is C=C=C(C(=O)O[C@@H]1C[C@H]2CC[C@]1(CS(=O)(=O)c1ccccc1)C2(C)C)[C@H](NS(=O)(=O)c1ccccc1)c1ccc([N+](=O)[O-])cc1. The summed E-state index contributed by atoms with van der Waals surface area (Å²) in [4.78, 5) is 24.8. The molecule has 10 nitrogen and oxygen atoms in total. The summed E-state index contributed by atoms with van der Waals surface area (Å²) >= 11 is 0. The average Bonchev–Trinajstić information content (AvgIpc) is 3.37. The van der Waals surface area contributed by atoms with Gasteiger partial charge in [-0.2, -0.15) is 4.72 Å². The number of benzene rings is 3. The van der Waals surface area contributed by atoms with E-state index < -0.39 is 53.7 Å². The molecule has 2 aliphatic rings. The second-order valence-corrected chi connectivity index (χ2v) is 15.8. The number of carbonyl (C=O) groups excluding carboxylic acids is 1. The van der Waals surface area contributed by atoms with E-state index in [1.165, 1.54) is 36.4 Å². The van der Waals surface area contributed by atoms with E-state index in [4.69, 9.17) is 4.74 Å². The third-order valence-electron chi connectivity index (χ3n) is 9.62. The minimum Gasteiger partial charge on any atom is -0.458 e. The Balaban J connectivity index is 1.49. The molecule has 3 aromatic carbocycles. The molecule has 2 aliphatic carbocycles. The van der Waals surface area contributed by atoms with E-state index in [9.17, 15) is 31.7 Å². The van der Waals surface area contributed by atoms with Crippen LogP contribution in [0.1, 0.15) is 44.7 Å². The number of carbonyl (C=O) groups is 1. The molecule has 4 atom stereocenters. The van der Waals surface area contributed by atoms with Crippen LogP contribution in [0, 0.1) is 26.9 Å². The van der Waals surface area contributed by atoms with Crippen molar-refractivity contribution in [2.75, 3.05) is 5.75 Å². The van der Waals surface area contributed by atoms with Gasteiger partial charge in [-0.25, -0.2) is 21.6 Å². The van der Waals surface area contributed by atoms with Gasteiger partial charge in [-0.05, 0) is 60.4 Å². The first-order chi connectivity index (χ1) is 21.2. The first kappa shape index (κ1) is 32.3. The maximum Gasteiger partial charge on any atom is 0.344 e. The third kappa shape index (κ3) is 5.98. The molecule has 45 heavy (non-hydrogen) atoms. The molecule has 2 bridgehead atoms. The molecule has 1 N–H and O–H groups in total. The van der Waals surface area contributed by atoms with E-state index >= 15 is 0 Å². The van der Waals surface area contributed by atoms with Gasteiger partial charge in [0.15, 0.2) is 9.84 Å². The minimum absolute atomic E-state index is 0.0615. The summed E-state index contributed by atoms with van der Waals surface area (Å²) in [5.74, 6) is -1.01. The number of sulfone groups is 1. The van der Waals surface area contributed by atoms with E-state index in [0.29, 0.717) is 12.8 Å². The van der Waals surface area contributed by atoms with Gasteiger partial charge >= 0.3 is 5.97 Å². The Hall–Kier alpha value is -4.09. The molecule has 0 radical (unpaired) electrons. The highest BCUT2D eigenvalue weighted by Crippen LogP contribution is 2.67. The van der Waals surface area contributed by atoms with Gasteiger partial charge in [0.25, 0.3) is 5.69 Å². The lowest BCUT2D eigenvalue weighted by molar-refractivity contribution is -0.384. The van der Waals surface area contributed by atoms with E-state index in [0.717, 1.165) is 6.42 Å². The standard InChI is InChI=1S/C33H34N2O8S2/c1-4-28(30(23-15-17-25(18-16-23)35(37)38)34-45(41,42)27-13-9-6-10-14-27)31(36)43-29-21-24-19-20-33(29,32(24,2)3)22-44(39,40)26-11-7-5-8-12-26/h5-18,24,29-30,34H,1,19-22H2,2-3H3/t24-,29-,30-,33-/m1/s1. The molecule has 12 heteroatoms. The van der Waals surface area contributed by atoms with Crippen molar-refractivity contribution in [3.05, 3.63) is 118 Å². The minimum atomic E-state index is -4.20. The fourth-order valence-electron chi connectivity index (χ4n) is 6.95. The highest BCUT2D eigenvalue weighted by Gasteiger charge is 2.67. The highest BCUT2D eigenvalue weighted by molar-refractivity contribution is 7.91. The maximum atomic E-state index is 14.0. The summed E-state index contributed by atoms with van der Waals surface area (Å²) in [7, 11) is -7.95. The van der Waals surface area contributed by atoms with Gasteiger partial charge in [0.2, 0.25) is 10.0 Å². The predicted octanol–water partition coefficient (Wildman–Crippen LogP) is 5.54. The lowest BCUT2D eigenvalue weighted by atomic mass is 9.69. The number of hydrogen-bond acceptors (Lipinski definition) is 8. The fourth-order valence-corrected chi connectivity index (χ4v) is 10.3. The summed E-state index contributed by atoms with van der Waals surface area (Å²) in [5, 5.41) is 11.3. The summed E-state index contributed by atoms with van der Waals surface area (Å²) in [6.07, 6.45) is 1.00. The van der Waals surface area contributed by atoms with Crippen LogP contribution in [0.15, 0.2) is 113 Å². The average molecular weight is 651 g/mol. The fraction of sp³-hybridized carbons (Fsp3) is 0.333. The Morgan fingerprint density at radius 3 is 2.11 bits per heavy atom. The van der Waals surface area contributed by atoms with Crippen molar-refractivity contribution < 1.29 is 31.3 Å². The van der Waals surface area contributed by atoms with Crippen LogP contribution >= 0.6 is 0 Å². The van der Waals surface area contributed by atoms with Crippen LogP contribution in [0.4, 0.5) is 5.69 Å². The van der Waals surface area contributed by atoms with Crippen molar-refractivity contribution in [1.82, 2.24) is 4.72 Å². The topological polar surface area (TPSA) is 150 Å². The second-order valence-electron chi connectivity index (χ2n) is 12.1. The smallest absolute Gasteiger partial charge is 0.344 e. The number of nitro groups is 1. The summed E-state index contributed by atoms with van der Waals surface area (Å²) in [6.45, 7) is 7.66. The van der Waals surface area contributed by atoms with Gasteiger partial charge in [0, 0.05) is 17.5 Å². The Labute approximate surface area is 262 Å². The second kappa shape index (κ2) is 12.0. The summed E-state index contributed by atoms with van der Waals surface area (Å²) < 4.78 is 62.8. The number of esters is 1. The van der Waals surface area contributed by atoms with Crippen molar-refractivity contribution in [2.24, 2.45) is 16.7 Å². The number of rotatable bonds is 11. The Morgan fingerprint density at radius 1 is 1.00 bits per heavy atom. The van der Waals surface area contributed by atoms with E-state index in [2.05, 4.69) is 17.0 Å². The zero-order valence-electron chi connectivity index (χ0n) is 24.9. The summed E-state index contributed by atoms with van der Waals surface area (Å²) in [6, 6.07) is 19.4. The number of ether oxygens (including phenoxy) is 1. The largest absolute Gasteiger partial charge is 0.458 e. The van der Waals surface area contributed by atoms with E-state index in [-0.39, 0.29) is 38.3 Å². The van der Waals surface area contributed by atoms with Gasteiger partial charge in [-0.1, -0.05) is 69.0 Å². The first-order valence-corrected chi connectivity index (χ1v) is 17.6. The van der Waals surface area contributed by atoms with Crippen LogP contribution in [0.5, 0.6) is 0 Å². The van der Waals surface area contributed by atoms with Crippen molar-refractivity contribution in [3.63, 3.8) is 0 Å².